The fourth-order valence-corrected chi connectivity index (χ4v) is 3.83. The Labute approximate surface area is 186 Å². The Kier molecular flexibility index (Phi) is 7.92. The highest BCUT2D eigenvalue weighted by Crippen LogP contribution is 2.38. The van der Waals surface area contributed by atoms with Gasteiger partial charge in [0.05, 0.1) is 13.7 Å². The monoisotopic (exact) mass is 443 g/mol. The topological polar surface area (TPSA) is 80.0 Å². The van der Waals surface area contributed by atoms with Crippen LogP contribution >= 0.6 is 0 Å². The van der Waals surface area contributed by atoms with Crippen molar-refractivity contribution in [1.29, 1.82) is 0 Å². The van der Waals surface area contributed by atoms with E-state index < -0.39 is 14.3 Å². The van der Waals surface area contributed by atoms with E-state index in [2.05, 4.69) is 33.9 Å². The molecule has 0 bridgehead atoms. The lowest BCUT2D eigenvalue weighted by atomic mass is 9.95. The number of benzene rings is 2. The van der Waals surface area contributed by atoms with Gasteiger partial charge in [0.1, 0.15) is 11.5 Å². The van der Waals surface area contributed by atoms with E-state index in [0.717, 1.165) is 11.3 Å². The molecule has 168 valence electrons. The lowest BCUT2D eigenvalue weighted by molar-refractivity contribution is -0.142. The SMILES string of the molecule is CCOC(=O)C(ON)=C(c1ccc(O[Si](C)(C)C(C)(C)C)cc1)c1ccccc1OC. The zero-order valence-electron chi connectivity index (χ0n) is 19.4. The number of carbonyl (C=O) groups is 1. The van der Waals surface area contributed by atoms with Gasteiger partial charge in [-0.1, -0.05) is 51.1 Å². The standard InChI is InChI=1S/C24H33NO5Si/c1-8-28-23(26)22(29-25)21(19-11-9-10-12-20(19)27-5)17-13-15-18(16-14-17)30-31(6,7)24(2,3)4/h9-16H,8,25H2,1-7H3. The van der Waals surface area contributed by atoms with Gasteiger partial charge in [-0.3, -0.25) is 0 Å². The lowest BCUT2D eigenvalue weighted by Gasteiger charge is -2.36. The number of hydrogen-bond donors (Lipinski definition) is 1. The van der Waals surface area contributed by atoms with Crippen LogP contribution in [0.4, 0.5) is 0 Å². The van der Waals surface area contributed by atoms with Gasteiger partial charge in [0, 0.05) is 11.1 Å². The summed E-state index contributed by atoms with van der Waals surface area (Å²) < 4.78 is 17.0. The molecule has 2 N–H and O–H groups in total. The highest BCUT2D eigenvalue weighted by Gasteiger charge is 2.39. The summed E-state index contributed by atoms with van der Waals surface area (Å²) in [6.45, 7) is 12.9. The van der Waals surface area contributed by atoms with E-state index in [1.54, 1.807) is 14.0 Å². The quantitative estimate of drug-likeness (QED) is 0.196. The predicted octanol–water partition coefficient (Wildman–Crippen LogP) is 5.29. The molecule has 0 atom stereocenters. The summed E-state index contributed by atoms with van der Waals surface area (Å²) in [4.78, 5) is 17.6. The first-order valence-electron chi connectivity index (χ1n) is 10.3. The molecule has 0 aliphatic heterocycles. The maximum Gasteiger partial charge on any atom is 0.376 e. The minimum Gasteiger partial charge on any atom is -0.544 e. The van der Waals surface area contributed by atoms with Gasteiger partial charge < -0.3 is 18.7 Å². The van der Waals surface area contributed by atoms with Crippen molar-refractivity contribution < 1.29 is 23.5 Å². The molecule has 2 rings (SSSR count). The molecule has 2 aromatic carbocycles. The molecule has 0 aliphatic rings. The zero-order valence-corrected chi connectivity index (χ0v) is 20.4. The van der Waals surface area contributed by atoms with Crippen LogP contribution in [0.15, 0.2) is 54.3 Å². The summed E-state index contributed by atoms with van der Waals surface area (Å²) in [7, 11) is -0.408. The smallest absolute Gasteiger partial charge is 0.376 e. The molecule has 0 fully saturated rings. The van der Waals surface area contributed by atoms with Crippen LogP contribution < -0.4 is 15.1 Å². The molecule has 7 heteroatoms. The van der Waals surface area contributed by atoms with Gasteiger partial charge in [-0.05, 0) is 48.8 Å². The van der Waals surface area contributed by atoms with E-state index >= 15 is 0 Å². The van der Waals surface area contributed by atoms with E-state index in [0.29, 0.717) is 16.9 Å². The number of esters is 1. The Balaban J connectivity index is 2.59. The van der Waals surface area contributed by atoms with Gasteiger partial charge in [0.15, 0.2) is 0 Å². The van der Waals surface area contributed by atoms with Crippen molar-refractivity contribution in [2.45, 2.75) is 45.8 Å². The zero-order chi connectivity index (χ0) is 23.2. The van der Waals surface area contributed by atoms with Crippen LogP contribution in [0, 0.1) is 0 Å². The lowest BCUT2D eigenvalue weighted by Crippen LogP contribution is -2.43. The molecule has 0 aromatic heterocycles. The number of para-hydroxylation sites is 1. The van der Waals surface area contributed by atoms with E-state index in [1.165, 1.54) is 0 Å². The Morgan fingerprint density at radius 3 is 2.16 bits per heavy atom. The highest BCUT2D eigenvalue weighted by atomic mass is 28.4. The first kappa shape index (κ1) is 24.5. The Morgan fingerprint density at radius 1 is 1.03 bits per heavy atom. The average Bonchev–Trinajstić information content (AvgIpc) is 2.71. The fourth-order valence-electron chi connectivity index (χ4n) is 2.80. The summed E-state index contributed by atoms with van der Waals surface area (Å²) in [6, 6.07) is 14.9. The van der Waals surface area contributed by atoms with Crippen LogP contribution in [0.25, 0.3) is 5.57 Å². The summed E-state index contributed by atoms with van der Waals surface area (Å²) in [5.41, 5.74) is 1.87. The van der Waals surface area contributed by atoms with Gasteiger partial charge in [0.2, 0.25) is 14.1 Å². The van der Waals surface area contributed by atoms with Crippen LogP contribution in [0.3, 0.4) is 0 Å². The number of ether oxygens (including phenoxy) is 2. The Hall–Kier alpha value is -2.77. The molecule has 2 aromatic rings. The molecule has 31 heavy (non-hydrogen) atoms. The van der Waals surface area contributed by atoms with Crippen LogP contribution in [-0.2, 0) is 14.4 Å². The average molecular weight is 444 g/mol. The van der Waals surface area contributed by atoms with Gasteiger partial charge in [0.25, 0.3) is 0 Å². The van der Waals surface area contributed by atoms with E-state index in [9.17, 15) is 4.79 Å². The van der Waals surface area contributed by atoms with E-state index in [1.807, 2.05) is 48.5 Å². The van der Waals surface area contributed by atoms with Crippen molar-refractivity contribution >= 4 is 19.9 Å². The highest BCUT2D eigenvalue weighted by molar-refractivity contribution is 6.74. The van der Waals surface area contributed by atoms with Crippen LogP contribution in [-0.4, -0.2) is 28.0 Å². The van der Waals surface area contributed by atoms with Gasteiger partial charge in [-0.2, -0.15) is 5.90 Å². The van der Waals surface area contributed by atoms with Crippen molar-refractivity contribution in [3.05, 3.63) is 65.4 Å². The third kappa shape index (κ3) is 5.68. The first-order chi connectivity index (χ1) is 14.6. The fraction of sp³-hybridized carbons (Fsp3) is 0.375. The molecule has 0 radical (unpaired) electrons. The maximum atomic E-state index is 12.6. The second kappa shape index (κ2) is 10.0. The summed E-state index contributed by atoms with van der Waals surface area (Å²) >= 11 is 0. The molecule has 0 saturated heterocycles. The largest absolute Gasteiger partial charge is 0.544 e. The van der Waals surface area contributed by atoms with Crippen LogP contribution in [0.5, 0.6) is 11.5 Å². The molecule has 0 unspecified atom stereocenters. The predicted molar refractivity (Wildman–Crippen MR) is 125 cm³/mol. The molecule has 0 heterocycles. The number of hydrogen-bond acceptors (Lipinski definition) is 6. The van der Waals surface area contributed by atoms with E-state index in [-0.39, 0.29) is 17.4 Å². The minimum absolute atomic E-state index is 0.0820. The third-order valence-corrected chi connectivity index (χ3v) is 9.86. The normalized spacial score (nSPS) is 12.6. The van der Waals surface area contributed by atoms with Crippen molar-refractivity contribution in [3.63, 3.8) is 0 Å². The van der Waals surface area contributed by atoms with Gasteiger partial charge in [-0.15, -0.1) is 0 Å². The summed E-state index contributed by atoms with van der Waals surface area (Å²) in [5, 5.41) is 0.0820. The van der Waals surface area contributed by atoms with E-state index in [4.69, 9.17) is 24.6 Å². The van der Waals surface area contributed by atoms with Crippen LogP contribution in [0.1, 0.15) is 38.8 Å². The Bertz CT molecular complexity index is 930. The molecule has 0 saturated carbocycles. The third-order valence-electron chi connectivity index (χ3n) is 5.50. The van der Waals surface area contributed by atoms with Gasteiger partial charge in [-0.25, -0.2) is 4.79 Å². The molecular formula is C24H33NO5Si. The first-order valence-corrected chi connectivity index (χ1v) is 13.2. The number of carbonyl (C=O) groups excluding carboxylic acids is 1. The maximum absolute atomic E-state index is 12.6. The summed E-state index contributed by atoms with van der Waals surface area (Å²) in [5.74, 6) is 6.13. The second-order valence-corrected chi connectivity index (χ2v) is 13.4. The van der Waals surface area contributed by atoms with Crippen molar-refractivity contribution in [2.75, 3.05) is 13.7 Å². The minimum atomic E-state index is -1.98. The van der Waals surface area contributed by atoms with Crippen molar-refractivity contribution in [3.8, 4) is 11.5 Å². The number of nitrogens with two attached hydrogens (primary N) is 1. The molecule has 0 spiro atoms. The molecule has 0 amide bonds. The number of methoxy groups -OCH3 is 1. The molecule has 6 nitrogen and oxygen atoms in total. The van der Waals surface area contributed by atoms with Crippen LogP contribution in [0.2, 0.25) is 18.1 Å². The molecule has 0 aliphatic carbocycles. The molecular weight excluding hydrogens is 410 g/mol. The van der Waals surface area contributed by atoms with Crippen molar-refractivity contribution in [1.82, 2.24) is 0 Å². The second-order valence-electron chi connectivity index (χ2n) is 8.63. The van der Waals surface area contributed by atoms with Gasteiger partial charge >= 0.3 is 5.97 Å². The number of rotatable bonds is 8. The van der Waals surface area contributed by atoms with Crippen molar-refractivity contribution in [2.24, 2.45) is 5.90 Å². The summed E-state index contributed by atoms with van der Waals surface area (Å²) in [6.07, 6.45) is 0. The Morgan fingerprint density at radius 2 is 1.65 bits per heavy atom.